The van der Waals surface area contributed by atoms with Gasteiger partial charge in [-0.3, -0.25) is 4.79 Å². The molecule has 0 bridgehead atoms. The summed E-state index contributed by atoms with van der Waals surface area (Å²) >= 11 is 2.33. The summed E-state index contributed by atoms with van der Waals surface area (Å²) in [6, 6.07) is 0. The Morgan fingerprint density at radius 2 is 1.85 bits per heavy atom. The Balaban J connectivity index is 2.22. The van der Waals surface area contributed by atoms with Crippen molar-refractivity contribution in [2.45, 2.75) is 57.5 Å². The van der Waals surface area contributed by atoms with Gasteiger partial charge in [0.2, 0.25) is 5.91 Å². The van der Waals surface area contributed by atoms with Gasteiger partial charge in [-0.15, -0.1) is 0 Å². The lowest BCUT2D eigenvalue weighted by atomic mass is 9.80. The largest absolute Gasteiger partial charge is 0.391 e. The van der Waals surface area contributed by atoms with Crippen molar-refractivity contribution in [3.8, 4) is 0 Å². The monoisotopic (exact) mass is 405 g/mol. The summed E-state index contributed by atoms with van der Waals surface area (Å²) in [7, 11) is 0. The topological polar surface area (TPSA) is 29.1 Å². The van der Waals surface area contributed by atoms with Crippen LogP contribution >= 0.6 is 22.6 Å². The molecule has 1 fully saturated rings. The number of nitrogens with one attached hydrogen (secondary N) is 1. The fourth-order valence-corrected chi connectivity index (χ4v) is 3.19. The van der Waals surface area contributed by atoms with Crippen molar-refractivity contribution in [2.24, 2.45) is 11.8 Å². The van der Waals surface area contributed by atoms with Gasteiger partial charge in [0.1, 0.15) is 0 Å². The summed E-state index contributed by atoms with van der Waals surface area (Å²) in [6.45, 7) is 0.591. The van der Waals surface area contributed by atoms with E-state index in [4.69, 9.17) is 0 Å². The molecule has 2 atom stereocenters. The zero-order valence-electron chi connectivity index (χ0n) is 11.6. The summed E-state index contributed by atoms with van der Waals surface area (Å²) < 4.78 is 39.2. The van der Waals surface area contributed by atoms with Gasteiger partial charge in [-0.05, 0) is 36.5 Å². The molecule has 0 radical (unpaired) electrons. The van der Waals surface area contributed by atoms with Gasteiger partial charge in [0, 0.05) is 12.5 Å². The van der Waals surface area contributed by atoms with Crippen LogP contribution in [0, 0.1) is 11.8 Å². The number of hydrogen-bond acceptors (Lipinski definition) is 1. The van der Waals surface area contributed by atoms with Crippen molar-refractivity contribution in [2.75, 3.05) is 11.0 Å². The smallest absolute Gasteiger partial charge is 0.356 e. The molecule has 20 heavy (non-hydrogen) atoms. The Kier molecular flexibility index (Phi) is 8.21. The van der Waals surface area contributed by atoms with Gasteiger partial charge in [0.25, 0.3) is 0 Å². The summed E-state index contributed by atoms with van der Waals surface area (Å²) in [5, 5.41) is 2.79. The molecular weight excluding hydrogens is 382 g/mol. The molecule has 0 heterocycles. The van der Waals surface area contributed by atoms with Crippen LogP contribution in [0.5, 0.6) is 0 Å². The van der Waals surface area contributed by atoms with Crippen molar-refractivity contribution in [3.05, 3.63) is 0 Å². The van der Waals surface area contributed by atoms with Crippen molar-refractivity contribution in [1.29, 1.82) is 0 Å². The maximum atomic E-state index is 12.7. The Morgan fingerprint density at radius 3 is 2.50 bits per heavy atom. The number of hydrogen-bond donors (Lipinski definition) is 1. The molecule has 1 aliphatic rings. The second-order valence-corrected chi connectivity index (χ2v) is 6.58. The fourth-order valence-electron chi connectivity index (χ4n) is 2.65. The third-order valence-electron chi connectivity index (χ3n) is 3.87. The van der Waals surface area contributed by atoms with Crippen LogP contribution in [-0.2, 0) is 4.79 Å². The van der Waals surface area contributed by atoms with Gasteiger partial charge in [-0.25, -0.2) is 0 Å². The molecule has 2 unspecified atom stereocenters. The van der Waals surface area contributed by atoms with E-state index in [2.05, 4.69) is 27.9 Å². The number of halogens is 4. The molecule has 0 aromatic rings. The average molecular weight is 405 g/mol. The SMILES string of the molecule is O=C(NCCCCCCI)C1CCCC(C(F)(F)F)C1. The summed E-state index contributed by atoms with van der Waals surface area (Å²) in [6.07, 6.45) is 1.39. The number of rotatable bonds is 7. The lowest BCUT2D eigenvalue weighted by molar-refractivity contribution is -0.186. The summed E-state index contributed by atoms with van der Waals surface area (Å²) in [5.41, 5.74) is 0. The zero-order chi connectivity index (χ0) is 15.0. The van der Waals surface area contributed by atoms with Crippen LogP contribution in [0.15, 0.2) is 0 Å². The number of unbranched alkanes of at least 4 members (excludes halogenated alkanes) is 3. The third kappa shape index (κ3) is 6.63. The van der Waals surface area contributed by atoms with Crippen LogP contribution in [0.2, 0.25) is 0 Å². The molecule has 0 spiro atoms. The second kappa shape index (κ2) is 9.10. The van der Waals surface area contributed by atoms with E-state index in [1.165, 1.54) is 6.42 Å². The number of alkyl halides is 4. The summed E-state index contributed by atoms with van der Waals surface area (Å²) in [5.74, 6) is -1.94. The summed E-state index contributed by atoms with van der Waals surface area (Å²) in [4.78, 5) is 11.9. The predicted molar refractivity (Wildman–Crippen MR) is 81.9 cm³/mol. The van der Waals surface area contributed by atoms with Crippen molar-refractivity contribution < 1.29 is 18.0 Å². The highest BCUT2D eigenvalue weighted by Crippen LogP contribution is 2.39. The van der Waals surface area contributed by atoms with Crippen molar-refractivity contribution in [3.63, 3.8) is 0 Å². The van der Waals surface area contributed by atoms with Crippen LogP contribution in [0.25, 0.3) is 0 Å². The first-order valence-electron chi connectivity index (χ1n) is 7.35. The third-order valence-corrected chi connectivity index (χ3v) is 4.63. The molecule has 6 heteroatoms. The Hall–Kier alpha value is -0.0100. The highest BCUT2D eigenvalue weighted by molar-refractivity contribution is 14.1. The van der Waals surface area contributed by atoms with E-state index in [9.17, 15) is 18.0 Å². The normalized spacial score (nSPS) is 23.6. The quantitative estimate of drug-likeness (QED) is 0.378. The van der Waals surface area contributed by atoms with Gasteiger partial charge in [-0.1, -0.05) is 41.9 Å². The van der Waals surface area contributed by atoms with Crippen LogP contribution in [0.3, 0.4) is 0 Å². The van der Waals surface area contributed by atoms with Gasteiger partial charge in [0.15, 0.2) is 0 Å². The Morgan fingerprint density at radius 1 is 1.15 bits per heavy atom. The first-order valence-corrected chi connectivity index (χ1v) is 8.88. The van der Waals surface area contributed by atoms with Gasteiger partial charge in [-0.2, -0.15) is 13.2 Å². The molecule has 1 rings (SSSR count). The first-order chi connectivity index (χ1) is 9.45. The van der Waals surface area contributed by atoms with Gasteiger partial charge >= 0.3 is 6.18 Å². The molecule has 0 aliphatic heterocycles. The van der Waals surface area contributed by atoms with Crippen LogP contribution in [0.1, 0.15) is 51.4 Å². The van der Waals surface area contributed by atoms with Gasteiger partial charge < -0.3 is 5.32 Å². The minimum atomic E-state index is -4.15. The van der Waals surface area contributed by atoms with Crippen LogP contribution in [-0.4, -0.2) is 23.1 Å². The van der Waals surface area contributed by atoms with E-state index in [0.717, 1.165) is 23.7 Å². The predicted octanol–water partition coefficient (Wildman–Crippen LogP) is 4.47. The number of carbonyl (C=O) groups is 1. The van der Waals surface area contributed by atoms with E-state index in [0.29, 0.717) is 19.4 Å². The lowest BCUT2D eigenvalue weighted by Crippen LogP contribution is -2.37. The van der Waals surface area contributed by atoms with E-state index >= 15 is 0 Å². The van der Waals surface area contributed by atoms with E-state index < -0.39 is 18.0 Å². The van der Waals surface area contributed by atoms with Crippen LogP contribution in [0.4, 0.5) is 13.2 Å². The van der Waals surface area contributed by atoms with E-state index in [1.54, 1.807) is 0 Å². The molecule has 118 valence electrons. The minimum absolute atomic E-state index is 0.0375. The average Bonchev–Trinajstić information content (AvgIpc) is 2.41. The first kappa shape index (κ1) is 18.0. The fraction of sp³-hybridized carbons (Fsp3) is 0.929. The zero-order valence-corrected chi connectivity index (χ0v) is 13.8. The Labute approximate surface area is 132 Å². The van der Waals surface area contributed by atoms with Crippen LogP contribution < -0.4 is 5.32 Å². The Bertz CT molecular complexity index is 297. The molecule has 2 nitrogen and oxygen atoms in total. The molecule has 1 saturated carbocycles. The minimum Gasteiger partial charge on any atom is -0.356 e. The van der Waals surface area contributed by atoms with E-state index in [1.807, 2.05) is 0 Å². The second-order valence-electron chi connectivity index (χ2n) is 5.50. The maximum Gasteiger partial charge on any atom is 0.391 e. The lowest BCUT2D eigenvalue weighted by Gasteiger charge is -2.29. The molecule has 0 saturated heterocycles. The van der Waals surface area contributed by atoms with Crippen molar-refractivity contribution in [1.82, 2.24) is 5.32 Å². The molecule has 1 N–H and O–H groups in total. The number of amides is 1. The van der Waals surface area contributed by atoms with Gasteiger partial charge in [0.05, 0.1) is 5.92 Å². The highest BCUT2D eigenvalue weighted by Gasteiger charge is 2.43. The standard InChI is InChI=1S/C14H23F3INO/c15-14(16,17)12-7-5-6-11(10-12)13(20)19-9-4-2-1-3-8-18/h11-12H,1-10H2,(H,19,20). The molecule has 1 amide bonds. The molecule has 0 aromatic heterocycles. The molecule has 1 aliphatic carbocycles. The highest BCUT2D eigenvalue weighted by atomic mass is 127. The number of carbonyl (C=O) groups excluding carboxylic acids is 1. The molecule has 0 aromatic carbocycles. The van der Waals surface area contributed by atoms with E-state index in [-0.39, 0.29) is 18.7 Å². The van der Waals surface area contributed by atoms with Crippen molar-refractivity contribution >= 4 is 28.5 Å². The molecular formula is C14H23F3INO. The maximum absolute atomic E-state index is 12.7.